The van der Waals surface area contributed by atoms with Crippen LogP contribution in [0.5, 0.6) is 0 Å². The van der Waals surface area contributed by atoms with Crippen molar-refractivity contribution in [1.29, 1.82) is 0 Å². The fraction of sp³-hybridized carbons (Fsp3) is 0.105. The number of hydrogen-bond acceptors (Lipinski definition) is 6. The minimum absolute atomic E-state index is 0.00160. The monoisotopic (exact) mass is 417 g/mol. The Bertz CT molecular complexity index is 1130. The zero-order valence-electron chi connectivity index (χ0n) is 14.5. The van der Waals surface area contributed by atoms with Crippen LogP contribution >= 0.6 is 11.6 Å². The molecule has 0 spiro atoms. The van der Waals surface area contributed by atoms with E-state index in [0.717, 1.165) is 5.56 Å². The van der Waals surface area contributed by atoms with E-state index in [0.29, 0.717) is 22.3 Å². The van der Waals surface area contributed by atoms with Gasteiger partial charge in [0.2, 0.25) is 15.7 Å². The Kier molecular flexibility index (Phi) is 4.51. The van der Waals surface area contributed by atoms with Gasteiger partial charge in [0.1, 0.15) is 5.84 Å². The molecule has 2 aromatic carbocycles. The highest BCUT2D eigenvalue weighted by molar-refractivity contribution is 7.89. The van der Waals surface area contributed by atoms with Gasteiger partial charge in [-0.25, -0.2) is 18.5 Å². The number of amidine groups is 1. The molecule has 3 aromatic rings. The van der Waals surface area contributed by atoms with E-state index in [4.69, 9.17) is 21.2 Å². The summed E-state index contributed by atoms with van der Waals surface area (Å²) in [6.07, 6.45) is 1.47. The largest absolute Gasteiger partial charge is 0.464 e. The van der Waals surface area contributed by atoms with Gasteiger partial charge in [-0.15, -0.1) is 0 Å². The average Bonchev–Trinajstić information content (AvgIpc) is 3.31. The molecule has 1 atom stereocenters. The van der Waals surface area contributed by atoms with E-state index in [1.54, 1.807) is 53.4 Å². The second-order valence-corrected chi connectivity index (χ2v) is 8.36. The third kappa shape index (κ3) is 3.43. The second-order valence-electron chi connectivity index (χ2n) is 6.36. The topological polar surface area (TPSA) is 109 Å². The van der Waals surface area contributed by atoms with Crippen LogP contribution in [0.25, 0.3) is 0 Å². The number of sulfonamides is 1. The van der Waals surface area contributed by atoms with E-state index < -0.39 is 15.7 Å². The molecular weight excluding hydrogens is 402 g/mol. The van der Waals surface area contributed by atoms with Gasteiger partial charge >= 0.3 is 0 Å². The molecule has 0 aliphatic carbocycles. The van der Waals surface area contributed by atoms with Crippen molar-refractivity contribution in [2.75, 3.05) is 11.4 Å². The first-order chi connectivity index (χ1) is 13.3. The maximum atomic E-state index is 11.5. The fourth-order valence-corrected chi connectivity index (χ4v) is 3.70. The van der Waals surface area contributed by atoms with Crippen molar-refractivity contribution in [1.82, 2.24) is 0 Å². The Labute approximate surface area is 166 Å². The molecule has 0 radical (unpaired) electrons. The van der Waals surface area contributed by atoms with E-state index in [9.17, 15) is 13.5 Å². The first-order valence-corrected chi connectivity index (χ1v) is 10.2. The Morgan fingerprint density at radius 1 is 1.11 bits per heavy atom. The molecule has 4 rings (SSSR count). The lowest BCUT2D eigenvalue weighted by atomic mass is 10.1. The van der Waals surface area contributed by atoms with Crippen LogP contribution in [0.1, 0.15) is 11.3 Å². The van der Waals surface area contributed by atoms with Crippen LogP contribution in [-0.4, -0.2) is 25.9 Å². The summed E-state index contributed by atoms with van der Waals surface area (Å²) in [6.45, 7) is 0.0905. The maximum Gasteiger partial charge on any atom is 0.238 e. The van der Waals surface area contributed by atoms with Gasteiger partial charge in [-0.3, -0.25) is 0 Å². The number of aliphatic hydroxyl groups is 1. The molecule has 0 amide bonds. The van der Waals surface area contributed by atoms with Gasteiger partial charge in [0, 0.05) is 16.3 Å². The predicted octanol–water partition coefficient (Wildman–Crippen LogP) is 2.69. The summed E-state index contributed by atoms with van der Waals surface area (Å²) >= 11 is 5.98. The number of rotatable bonds is 4. The molecule has 144 valence electrons. The predicted molar refractivity (Wildman–Crippen MR) is 106 cm³/mol. The van der Waals surface area contributed by atoms with Gasteiger partial charge in [0.05, 0.1) is 17.7 Å². The molecule has 9 heteroatoms. The maximum absolute atomic E-state index is 11.5. The van der Waals surface area contributed by atoms with Crippen molar-refractivity contribution in [3.63, 3.8) is 0 Å². The second kappa shape index (κ2) is 6.75. The Morgan fingerprint density at radius 2 is 1.79 bits per heavy atom. The summed E-state index contributed by atoms with van der Waals surface area (Å²) in [6, 6.07) is 16.4. The number of benzene rings is 2. The third-order valence-electron chi connectivity index (χ3n) is 4.42. The van der Waals surface area contributed by atoms with E-state index in [-0.39, 0.29) is 11.4 Å². The lowest BCUT2D eigenvalue weighted by Crippen LogP contribution is -2.34. The molecule has 1 aromatic heterocycles. The van der Waals surface area contributed by atoms with Gasteiger partial charge in [0.15, 0.2) is 5.76 Å². The average molecular weight is 418 g/mol. The van der Waals surface area contributed by atoms with Crippen LogP contribution in [0, 0.1) is 0 Å². The summed E-state index contributed by atoms with van der Waals surface area (Å²) in [5, 5.41) is 16.8. The third-order valence-corrected chi connectivity index (χ3v) is 5.60. The van der Waals surface area contributed by atoms with Crippen molar-refractivity contribution >= 4 is 33.1 Å². The zero-order chi connectivity index (χ0) is 19.9. The Balaban J connectivity index is 1.79. The van der Waals surface area contributed by atoms with Crippen molar-refractivity contribution in [3.05, 3.63) is 83.3 Å². The van der Waals surface area contributed by atoms with Gasteiger partial charge in [0.25, 0.3) is 0 Å². The van der Waals surface area contributed by atoms with Crippen LogP contribution in [0.4, 0.5) is 5.69 Å². The van der Waals surface area contributed by atoms with Crippen LogP contribution in [0.2, 0.25) is 5.02 Å². The summed E-state index contributed by atoms with van der Waals surface area (Å²) in [7, 11) is -3.80. The number of aliphatic imine (C=N–C) groups is 1. The first-order valence-electron chi connectivity index (χ1n) is 8.29. The van der Waals surface area contributed by atoms with Gasteiger partial charge in [-0.2, -0.15) is 0 Å². The van der Waals surface area contributed by atoms with Crippen molar-refractivity contribution in [2.24, 2.45) is 10.1 Å². The van der Waals surface area contributed by atoms with E-state index in [2.05, 4.69) is 4.99 Å². The van der Waals surface area contributed by atoms with Crippen LogP contribution in [-0.2, 0) is 15.7 Å². The lowest BCUT2D eigenvalue weighted by Gasteiger charge is -2.23. The van der Waals surface area contributed by atoms with E-state index in [1.807, 2.05) is 0 Å². The molecule has 0 saturated heterocycles. The molecular formula is C19H16ClN3O4S. The van der Waals surface area contributed by atoms with E-state index in [1.165, 1.54) is 18.4 Å². The normalized spacial score (nSPS) is 19.7. The zero-order valence-corrected chi connectivity index (χ0v) is 16.1. The highest BCUT2D eigenvalue weighted by Crippen LogP contribution is 2.35. The first kappa shape index (κ1) is 18.7. The Morgan fingerprint density at radius 3 is 2.36 bits per heavy atom. The number of primary sulfonamides is 1. The quantitative estimate of drug-likeness (QED) is 0.678. The summed E-state index contributed by atoms with van der Waals surface area (Å²) in [5.41, 5.74) is -0.206. The lowest BCUT2D eigenvalue weighted by molar-refractivity contribution is 0.0412. The minimum atomic E-state index is -3.80. The molecule has 0 fully saturated rings. The Hall–Kier alpha value is -2.65. The number of anilines is 1. The minimum Gasteiger partial charge on any atom is -0.464 e. The van der Waals surface area contributed by atoms with Crippen molar-refractivity contribution < 1.29 is 17.9 Å². The van der Waals surface area contributed by atoms with Gasteiger partial charge < -0.3 is 14.4 Å². The van der Waals surface area contributed by atoms with Crippen LogP contribution in [0.3, 0.4) is 0 Å². The smallest absolute Gasteiger partial charge is 0.238 e. The molecule has 0 bridgehead atoms. The van der Waals surface area contributed by atoms with Crippen molar-refractivity contribution in [3.8, 4) is 0 Å². The molecule has 0 saturated carbocycles. The highest BCUT2D eigenvalue weighted by Gasteiger charge is 2.42. The number of nitrogens with two attached hydrogens (primary N) is 1. The number of halogens is 1. The standard InChI is InChI=1S/C19H16ClN3O4S/c20-14-5-3-13(4-6-14)18-22-19(24,17-2-1-11-27-17)12-23(18)15-7-9-16(10-8-15)28(21,25)26/h1-11,24H,12H2,(H2,21,25,26). The molecule has 7 nitrogen and oxygen atoms in total. The molecule has 1 aliphatic rings. The molecule has 1 unspecified atom stereocenters. The fourth-order valence-electron chi connectivity index (χ4n) is 3.05. The number of furan rings is 1. The van der Waals surface area contributed by atoms with Crippen LogP contribution < -0.4 is 10.0 Å². The number of hydrogen-bond donors (Lipinski definition) is 2. The molecule has 1 aliphatic heterocycles. The number of β-amino-alcohol motifs (C(OH)–C–C–N with tert-alkyl or cyclic N) is 1. The number of nitrogens with zero attached hydrogens (tertiary/aromatic N) is 2. The van der Waals surface area contributed by atoms with Gasteiger partial charge in [-0.1, -0.05) is 11.6 Å². The molecule has 3 N–H and O–H groups in total. The molecule has 28 heavy (non-hydrogen) atoms. The highest BCUT2D eigenvalue weighted by atomic mass is 35.5. The van der Waals surface area contributed by atoms with Gasteiger partial charge in [-0.05, 0) is 60.7 Å². The summed E-state index contributed by atoms with van der Waals surface area (Å²) < 4.78 is 28.4. The summed E-state index contributed by atoms with van der Waals surface area (Å²) in [4.78, 5) is 6.29. The van der Waals surface area contributed by atoms with Crippen LogP contribution in [0.15, 0.2) is 81.2 Å². The van der Waals surface area contributed by atoms with Crippen molar-refractivity contribution in [2.45, 2.75) is 10.6 Å². The summed E-state index contributed by atoms with van der Waals surface area (Å²) in [5.74, 6) is 0.807. The molecule has 2 heterocycles. The SMILES string of the molecule is NS(=O)(=O)c1ccc(N2CC(O)(c3ccco3)N=C2c2ccc(Cl)cc2)cc1. The van der Waals surface area contributed by atoms with E-state index >= 15 is 0 Å².